The first-order valence-electron chi connectivity index (χ1n) is 6.65. The maximum absolute atomic E-state index is 5.89. The van der Waals surface area contributed by atoms with E-state index in [2.05, 4.69) is 55.4 Å². The molecule has 104 valence electrons. The second-order valence-electron chi connectivity index (χ2n) is 4.85. The van der Waals surface area contributed by atoms with Crippen LogP contribution in [0.5, 0.6) is 0 Å². The summed E-state index contributed by atoms with van der Waals surface area (Å²) >= 11 is 9.34. The molecule has 3 rings (SSSR count). The summed E-state index contributed by atoms with van der Waals surface area (Å²) in [5.41, 5.74) is 2.31. The molecule has 0 radical (unpaired) electrons. The van der Waals surface area contributed by atoms with Crippen LogP contribution in [-0.4, -0.2) is 18.1 Å². The smallest absolute Gasteiger partial charge is 0.144 e. The zero-order valence-electron chi connectivity index (χ0n) is 10.9. The largest absolute Gasteiger partial charge is 0.372 e. The lowest BCUT2D eigenvalue weighted by molar-refractivity contribution is 0.949. The number of pyridine rings is 1. The van der Waals surface area contributed by atoms with Crippen LogP contribution in [0.2, 0.25) is 5.02 Å². The highest BCUT2D eigenvalue weighted by atomic mass is 79.9. The lowest BCUT2D eigenvalue weighted by atomic mass is 10.2. The van der Waals surface area contributed by atoms with Crippen molar-refractivity contribution >= 4 is 44.7 Å². The Hall–Kier alpha value is -1.26. The van der Waals surface area contributed by atoms with Gasteiger partial charge < -0.3 is 10.2 Å². The standard InChI is InChI=1S/C15H15BrClN3/c16-14-9-11(17)10-18-15(14)19-12-3-5-13(6-4-12)20-7-1-2-8-20/h3-6,9-10H,1-2,7-8H2,(H,18,19). The minimum Gasteiger partial charge on any atom is -0.372 e. The van der Waals surface area contributed by atoms with E-state index in [0.717, 1.165) is 29.1 Å². The van der Waals surface area contributed by atoms with E-state index < -0.39 is 0 Å². The zero-order chi connectivity index (χ0) is 13.9. The Balaban J connectivity index is 1.74. The minimum atomic E-state index is 0.617. The van der Waals surface area contributed by atoms with Gasteiger partial charge in [-0.05, 0) is 59.1 Å². The molecule has 1 aromatic heterocycles. The third kappa shape index (κ3) is 3.07. The van der Waals surface area contributed by atoms with E-state index in [1.165, 1.54) is 18.5 Å². The fourth-order valence-corrected chi connectivity index (χ4v) is 3.11. The van der Waals surface area contributed by atoms with Crippen molar-refractivity contribution in [2.45, 2.75) is 12.8 Å². The number of hydrogen-bond donors (Lipinski definition) is 1. The molecule has 0 aliphatic carbocycles. The average molecular weight is 353 g/mol. The van der Waals surface area contributed by atoms with E-state index in [9.17, 15) is 0 Å². The van der Waals surface area contributed by atoms with Crippen LogP contribution in [0.1, 0.15) is 12.8 Å². The number of rotatable bonds is 3. The summed E-state index contributed by atoms with van der Waals surface area (Å²) in [7, 11) is 0. The second-order valence-corrected chi connectivity index (χ2v) is 6.14. The maximum atomic E-state index is 5.89. The van der Waals surface area contributed by atoms with E-state index in [1.54, 1.807) is 6.20 Å². The molecule has 0 saturated carbocycles. The van der Waals surface area contributed by atoms with Gasteiger partial charge in [-0.2, -0.15) is 0 Å². The number of aromatic nitrogens is 1. The Bertz CT molecular complexity index is 595. The third-order valence-corrected chi connectivity index (χ3v) is 4.22. The number of nitrogens with one attached hydrogen (secondary N) is 1. The van der Waals surface area contributed by atoms with Gasteiger partial charge in [0.05, 0.1) is 9.50 Å². The van der Waals surface area contributed by atoms with Gasteiger partial charge in [-0.3, -0.25) is 0 Å². The van der Waals surface area contributed by atoms with Crippen molar-refractivity contribution in [2.75, 3.05) is 23.3 Å². The summed E-state index contributed by atoms with van der Waals surface area (Å²) in [5, 5.41) is 3.90. The molecule has 0 unspecified atom stereocenters. The monoisotopic (exact) mass is 351 g/mol. The van der Waals surface area contributed by atoms with Crippen molar-refractivity contribution in [3.63, 3.8) is 0 Å². The Morgan fingerprint density at radius 2 is 1.85 bits per heavy atom. The van der Waals surface area contributed by atoms with Crippen molar-refractivity contribution in [3.8, 4) is 0 Å². The van der Waals surface area contributed by atoms with Crippen LogP contribution in [-0.2, 0) is 0 Å². The van der Waals surface area contributed by atoms with Crippen LogP contribution < -0.4 is 10.2 Å². The number of hydrogen-bond acceptors (Lipinski definition) is 3. The Labute approximate surface area is 132 Å². The summed E-state index contributed by atoms with van der Waals surface area (Å²) in [6, 6.07) is 10.3. The molecule has 1 fully saturated rings. The van der Waals surface area contributed by atoms with Gasteiger partial charge in [0, 0.05) is 30.7 Å². The summed E-state index contributed by atoms with van der Waals surface area (Å²) in [4.78, 5) is 6.69. The molecule has 0 atom stereocenters. The van der Waals surface area contributed by atoms with Crippen molar-refractivity contribution in [1.29, 1.82) is 0 Å². The molecule has 1 N–H and O–H groups in total. The van der Waals surface area contributed by atoms with Crippen LogP contribution in [0.25, 0.3) is 0 Å². The van der Waals surface area contributed by atoms with Crippen molar-refractivity contribution in [1.82, 2.24) is 4.98 Å². The van der Waals surface area contributed by atoms with Gasteiger partial charge in [-0.25, -0.2) is 4.98 Å². The molecular formula is C15H15BrClN3. The van der Waals surface area contributed by atoms with Crippen molar-refractivity contribution < 1.29 is 0 Å². The van der Waals surface area contributed by atoms with Gasteiger partial charge in [0.1, 0.15) is 5.82 Å². The van der Waals surface area contributed by atoms with E-state index in [0.29, 0.717) is 5.02 Å². The summed E-state index contributed by atoms with van der Waals surface area (Å²) in [5.74, 6) is 0.767. The molecule has 0 spiro atoms. The molecule has 3 nitrogen and oxygen atoms in total. The molecule has 1 aromatic carbocycles. The summed E-state index contributed by atoms with van der Waals surface area (Å²) in [6.07, 6.45) is 4.22. The maximum Gasteiger partial charge on any atom is 0.144 e. The van der Waals surface area contributed by atoms with Gasteiger partial charge in [-0.15, -0.1) is 0 Å². The van der Waals surface area contributed by atoms with Gasteiger partial charge in [0.15, 0.2) is 0 Å². The highest BCUT2D eigenvalue weighted by Gasteiger charge is 2.12. The number of nitrogens with zero attached hydrogens (tertiary/aromatic N) is 2. The first-order valence-corrected chi connectivity index (χ1v) is 7.82. The van der Waals surface area contributed by atoms with Gasteiger partial charge in [0.2, 0.25) is 0 Å². The lowest BCUT2D eigenvalue weighted by Crippen LogP contribution is -2.17. The predicted octanol–water partition coefficient (Wildman–Crippen LogP) is 4.84. The van der Waals surface area contributed by atoms with Crippen LogP contribution in [0.15, 0.2) is 41.0 Å². The predicted molar refractivity (Wildman–Crippen MR) is 88.1 cm³/mol. The molecule has 20 heavy (non-hydrogen) atoms. The topological polar surface area (TPSA) is 28.2 Å². The summed E-state index contributed by atoms with van der Waals surface area (Å²) in [6.45, 7) is 2.33. The molecule has 0 amide bonds. The molecule has 2 aromatic rings. The lowest BCUT2D eigenvalue weighted by Gasteiger charge is -2.18. The number of benzene rings is 1. The Morgan fingerprint density at radius 1 is 1.15 bits per heavy atom. The van der Waals surface area contributed by atoms with Gasteiger partial charge >= 0.3 is 0 Å². The molecular weight excluding hydrogens is 338 g/mol. The third-order valence-electron chi connectivity index (χ3n) is 3.41. The minimum absolute atomic E-state index is 0.617. The van der Waals surface area contributed by atoms with E-state index in [-0.39, 0.29) is 0 Å². The Morgan fingerprint density at radius 3 is 2.50 bits per heavy atom. The van der Waals surface area contributed by atoms with Gasteiger partial charge in [0.25, 0.3) is 0 Å². The molecule has 1 saturated heterocycles. The SMILES string of the molecule is Clc1cnc(Nc2ccc(N3CCCC3)cc2)c(Br)c1. The molecule has 2 heterocycles. The quantitative estimate of drug-likeness (QED) is 0.856. The fraction of sp³-hybridized carbons (Fsp3) is 0.267. The number of halogens is 2. The molecule has 1 aliphatic rings. The highest BCUT2D eigenvalue weighted by Crippen LogP contribution is 2.27. The summed E-state index contributed by atoms with van der Waals surface area (Å²) < 4.78 is 0.855. The van der Waals surface area contributed by atoms with E-state index >= 15 is 0 Å². The van der Waals surface area contributed by atoms with E-state index in [1.807, 2.05) is 6.07 Å². The van der Waals surface area contributed by atoms with Crippen LogP contribution >= 0.6 is 27.5 Å². The van der Waals surface area contributed by atoms with Gasteiger partial charge in [-0.1, -0.05) is 11.6 Å². The Kier molecular flexibility index (Phi) is 4.13. The average Bonchev–Trinajstić information content (AvgIpc) is 2.97. The second kappa shape index (κ2) is 6.02. The normalized spacial score (nSPS) is 14.6. The van der Waals surface area contributed by atoms with Crippen molar-refractivity contribution in [2.24, 2.45) is 0 Å². The van der Waals surface area contributed by atoms with Crippen LogP contribution in [0, 0.1) is 0 Å². The first kappa shape index (κ1) is 13.7. The van der Waals surface area contributed by atoms with Crippen LogP contribution in [0.3, 0.4) is 0 Å². The zero-order valence-corrected chi connectivity index (χ0v) is 13.3. The van der Waals surface area contributed by atoms with E-state index in [4.69, 9.17) is 11.6 Å². The highest BCUT2D eigenvalue weighted by molar-refractivity contribution is 9.10. The molecule has 0 bridgehead atoms. The fourth-order valence-electron chi connectivity index (χ4n) is 2.37. The first-order chi connectivity index (χ1) is 9.72. The molecule has 5 heteroatoms. The molecule has 1 aliphatic heterocycles. The van der Waals surface area contributed by atoms with Crippen molar-refractivity contribution in [3.05, 3.63) is 46.0 Å². The number of anilines is 3. The van der Waals surface area contributed by atoms with Crippen LogP contribution in [0.4, 0.5) is 17.2 Å².